The van der Waals surface area contributed by atoms with Crippen LogP contribution in [0.15, 0.2) is 38.4 Å². The van der Waals surface area contributed by atoms with Gasteiger partial charge in [0, 0.05) is 19.7 Å². The summed E-state index contributed by atoms with van der Waals surface area (Å²) in [5.41, 5.74) is 6.51. The Balaban J connectivity index is 0.00000288. The summed E-state index contributed by atoms with van der Waals surface area (Å²) in [4.78, 5) is 7.58. The molecule has 2 N–H and O–H groups in total. The molecule has 0 aliphatic carbocycles. The molecule has 0 atom stereocenters. The molecule has 0 saturated heterocycles. The van der Waals surface area contributed by atoms with E-state index in [1.807, 2.05) is 6.07 Å². The Morgan fingerprint density at radius 2 is 1.75 bits per heavy atom. The van der Waals surface area contributed by atoms with Crippen LogP contribution in [0, 0.1) is 0 Å². The zero-order valence-corrected chi connectivity index (χ0v) is 15.3. The van der Waals surface area contributed by atoms with E-state index in [0.29, 0.717) is 17.2 Å². The van der Waals surface area contributed by atoms with Crippen molar-refractivity contribution in [1.29, 1.82) is 0 Å². The Kier molecular flexibility index (Phi) is 8.41. The van der Waals surface area contributed by atoms with Crippen LogP contribution in [0.25, 0.3) is 0 Å². The van der Waals surface area contributed by atoms with Gasteiger partial charge in [-0.1, -0.05) is 0 Å². The molecule has 0 unspecified atom stereocenters. The van der Waals surface area contributed by atoms with Crippen molar-refractivity contribution in [2.75, 3.05) is 20.9 Å². The fourth-order valence-corrected chi connectivity index (χ4v) is 1.68. The number of rotatable bonds is 4. The summed E-state index contributed by atoms with van der Waals surface area (Å²) >= 11 is 9.84. The van der Waals surface area contributed by atoms with Crippen LogP contribution in [0.5, 0.6) is 11.5 Å². The third-order valence-electron chi connectivity index (χ3n) is 2.69. The molecule has 1 heterocycles. The first kappa shape index (κ1) is 20.1. The Morgan fingerprint density at radius 1 is 1.08 bits per heavy atom. The summed E-state index contributed by atoms with van der Waals surface area (Å²) in [7, 11) is 3.14. The molecule has 8 nitrogen and oxygen atoms in total. The molecule has 2 rings (SSSR count). The summed E-state index contributed by atoms with van der Waals surface area (Å²) in [5.74, 6) is 1.32. The van der Waals surface area contributed by atoms with Gasteiger partial charge in [-0.25, -0.2) is 0 Å². The van der Waals surface area contributed by atoms with Crippen molar-refractivity contribution in [3.05, 3.63) is 23.8 Å². The first-order valence-corrected chi connectivity index (χ1v) is 7.26. The Morgan fingerprint density at radius 3 is 2.46 bits per heavy atom. The zero-order chi connectivity index (χ0) is 16.7. The molecule has 0 fully saturated rings. The number of benzene rings is 1. The first-order chi connectivity index (χ1) is 11.1. The van der Waals surface area contributed by atoms with Crippen LogP contribution in [0.4, 0.5) is 0 Å². The smallest absolute Gasteiger partial charge is 0.741 e. The van der Waals surface area contributed by atoms with E-state index in [9.17, 15) is 0 Å². The molecular weight excluding hydrogens is 400 g/mol. The molecule has 1 aromatic carbocycles. The van der Waals surface area contributed by atoms with E-state index in [4.69, 9.17) is 34.7 Å². The number of nitrogens with one attached hydrogen (secondary N) is 2. The van der Waals surface area contributed by atoms with Crippen LogP contribution in [0.2, 0.25) is 0 Å². The molecule has 0 spiro atoms. The van der Waals surface area contributed by atoms with Gasteiger partial charge in [0.05, 0.1) is 6.21 Å². The molecule has 131 valence electrons. The normalized spacial score (nSPS) is 14.5. The standard InChI is InChI=1S/C13H16N6O2S2.Cu/c1-14-12(22)18-16-6-9(17-19-13(23)15-2)8-3-4-10-11(5-8)21-7-20-10;/h3-6H,7H2,1-2H3,(H2,14,18,22)(H2,15,19,23);/q;+2/p-2/b16-6+,17-9-;. The minimum Gasteiger partial charge on any atom is -0.741 e. The second-order valence-corrected chi connectivity index (χ2v) is 4.88. The number of fused-ring (bicyclic) bond motifs is 1. The Bertz CT molecular complexity index is 693. The maximum Gasteiger partial charge on any atom is 2.00 e. The zero-order valence-electron chi connectivity index (χ0n) is 12.7. The molecular formula is C13H14CuN6O2S2. The van der Waals surface area contributed by atoms with Crippen molar-refractivity contribution >= 4 is 47.5 Å². The van der Waals surface area contributed by atoms with Crippen LogP contribution in [0.3, 0.4) is 0 Å². The fourth-order valence-electron chi connectivity index (χ4n) is 1.58. The number of amidine groups is 2. The van der Waals surface area contributed by atoms with Gasteiger partial charge in [-0.2, -0.15) is 10.2 Å². The molecule has 0 amide bonds. The minimum absolute atomic E-state index is 0. The molecule has 0 aromatic heterocycles. The molecule has 0 saturated carbocycles. The summed E-state index contributed by atoms with van der Waals surface area (Å²) in [6.45, 7) is 0.199. The van der Waals surface area contributed by atoms with E-state index in [2.05, 4.69) is 31.0 Å². The van der Waals surface area contributed by atoms with Gasteiger partial charge >= 0.3 is 17.1 Å². The van der Waals surface area contributed by atoms with Gasteiger partial charge in [0.1, 0.15) is 5.71 Å². The SMILES string of the molecule is CN=C([S-])N/N=C/C(=N/NC([S-])=NC)c1ccc2c(c1)OCO2.[Cu+2]. The second-order valence-electron chi connectivity index (χ2n) is 4.10. The van der Waals surface area contributed by atoms with Crippen LogP contribution in [0.1, 0.15) is 5.56 Å². The molecule has 24 heavy (non-hydrogen) atoms. The van der Waals surface area contributed by atoms with E-state index in [-0.39, 0.29) is 34.2 Å². The van der Waals surface area contributed by atoms with Crippen molar-refractivity contribution in [2.45, 2.75) is 0 Å². The van der Waals surface area contributed by atoms with Gasteiger partial charge in [0.15, 0.2) is 11.5 Å². The minimum atomic E-state index is 0. The summed E-state index contributed by atoms with van der Waals surface area (Å²) < 4.78 is 10.6. The number of nitrogens with zero attached hydrogens (tertiary/aromatic N) is 4. The molecule has 1 aliphatic rings. The van der Waals surface area contributed by atoms with Gasteiger partial charge in [-0.15, -0.1) is 0 Å². The average Bonchev–Trinajstić information content (AvgIpc) is 3.04. The Hall–Kier alpha value is -1.94. The number of hydrogen-bond donors (Lipinski definition) is 2. The molecule has 1 radical (unpaired) electrons. The third kappa shape index (κ3) is 5.60. The van der Waals surface area contributed by atoms with E-state index in [0.717, 1.165) is 5.56 Å². The van der Waals surface area contributed by atoms with Crippen LogP contribution in [-0.4, -0.2) is 43.1 Å². The number of hydrogen-bond acceptors (Lipinski definition) is 8. The summed E-state index contributed by atoms with van der Waals surface area (Å²) in [5, 5.41) is 8.69. The monoisotopic (exact) mass is 413 g/mol. The molecule has 1 aromatic rings. The van der Waals surface area contributed by atoms with Crippen LogP contribution < -0.4 is 20.3 Å². The predicted octanol–water partition coefficient (Wildman–Crippen LogP) is 0.347. The Labute approximate surface area is 161 Å². The van der Waals surface area contributed by atoms with Crippen molar-refractivity contribution in [3.63, 3.8) is 0 Å². The number of hydrazone groups is 2. The maximum absolute atomic E-state index is 5.36. The van der Waals surface area contributed by atoms with Gasteiger partial charge in [0.2, 0.25) is 6.79 Å². The van der Waals surface area contributed by atoms with Gasteiger partial charge in [-0.05, 0) is 28.5 Å². The second kappa shape index (κ2) is 10.0. The first-order valence-electron chi connectivity index (χ1n) is 6.44. The van der Waals surface area contributed by atoms with E-state index in [1.165, 1.54) is 6.21 Å². The van der Waals surface area contributed by atoms with Gasteiger partial charge in [-0.3, -0.25) is 20.8 Å². The third-order valence-corrected chi connectivity index (χ3v) is 3.24. The fraction of sp³-hybridized carbons (Fsp3) is 0.231. The number of ether oxygens (including phenoxy) is 2. The molecule has 1 aliphatic heterocycles. The van der Waals surface area contributed by atoms with Crippen molar-refractivity contribution in [3.8, 4) is 11.5 Å². The molecule has 0 bridgehead atoms. The van der Waals surface area contributed by atoms with E-state index in [1.54, 1.807) is 26.2 Å². The predicted molar refractivity (Wildman–Crippen MR) is 95.3 cm³/mol. The number of aliphatic imine (C=N–C) groups is 2. The summed E-state index contributed by atoms with van der Waals surface area (Å²) in [6, 6.07) is 5.42. The average molecular weight is 414 g/mol. The largest absolute Gasteiger partial charge is 2.00 e. The van der Waals surface area contributed by atoms with Gasteiger partial charge < -0.3 is 34.7 Å². The van der Waals surface area contributed by atoms with Crippen LogP contribution >= 0.6 is 0 Å². The van der Waals surface area contributed by atoms with E-state index < -0.39 is 0 Å². The topological polar surface area (TPSA) is 92.0 Å². The van der Waals surface area contributed by atoms with Gasteiger partial charge in [0.25, 0.3) is 0 Å². The quantitative estimate of drug-likeness (QED) is 0.243. The summed E-state index contributed by atoms with van der Waals surface area (Å²) in [6.07, 6.45) is 1.49. The van der Waals surface area contributed by atoms with Crippen LogP contribution in [-0.2, 0) is 42.3 Å². The van der Waals surface area contributed by atoms with E-state index >= 15 is 0 Å². The van der Waals surface area contributed by atoms with Crippen molar-refractivity contribution in [2.24, 2.45) is 20.2 Å². The van der Waals surface area contributed by atoms with Crippen molar-refractivity contribution in [1.82, 2.24) is 10.9 Å². The van der Waals surface area contributed by atoms with Crippen molar-refractivity contribution < 1.29 is 26.5 Å². The molecule has 11 heteroatoms. The maximum atomic E-state index is 5.36.